The average Bonchev–Trinajstić information content (AvgIpc) is 2.39. The number of ether oxygens (including phenoxy) is 2. The van der Waals surface area contributed by atoms with Crippen molar-refractivity contribution in [2.24, 2.45) is 5.73 Å². The molecule has 2 N–H and O–H groups in total. The van der Waals surface area contributed by atoms with Crippen molar-refractivity contribution in [2.45, 2.75) is 39.7 Å². The molecule has 1 unspecified atom stereocenters. The SMILES string of the molecule is CCC(N)Cc1cccc(OC)c1OCC=C(C)C. The highest BCUT2D eigenvalue weighted by molar-refractivity contribution is 5.47. The van der Waals surface area contributed by atoms with Crippen molar-refractivity contribution in [1.29, 1.82) is 0 Å². The third-order valence-electron chi connectivity index (χ3n) is 3.01. The summed E-state index contributed by atoms with van der Waals surface area (Å²) in [4.78, 5) is 0. The third kappa shape index (κ3) is 4.95. The predicted molar refractivity (Wildman–Crippen MR) is 79.9 cm³/mol. The average molecular weight is 263 g/mol. The van der Waals surface area contributed by atoms with Crippen LogP contribution in [0.2, 0.25) is 0 Å². The maximum absolute atomic E-state index is 6.03. The Hall–Kier alpha value is -1.48. The van der Waals surface area contributed by atoms with Gasteiger partial charge in [-0.15, -0.1) is 0 Å². The van der Waals surface area contributed by atoms with Gasteiger partial charge in [-0.3, -0.25) is 0 Å². The molecule has 0 aliphatic rings. The fourth-order valence-electron chi connectivity index (χ4n) is 1.77. The summed E-state index contributed by atoms with van der Waals surface area (Å²) < 4.78 is 11.2. The number of hydrogen-bond donors (Lipinski definition) is 1. The molecule has 3 heteroatoms. The van der Waals surface area contributed by atoms with Crippen LogP contribution >= 0.6 is 0 Å². The second kappa shape index (κ2) is 7.85. The van der Waals surface area contributed by atoms with Gasteiger partial charge in [0.25, 0.3) is 0 Å². The van der Waals surface area contributed by atoms with Crippen molar-refractivity contribution < 1.29 is 9.47 Å². The highest BCUT2D eigenvalue weighted by atomic mass is 16.5. The second-order valence-electron chi connectivity index (χ2n) is 4.91. The topological polar surface area (TPSA) is 44.5 Å². The number of hydrogen-bond acceptors (Lipinski definition) is 3. The van der Waals surface area contributed by atoms with Crippen molar-refractivity contribution in [2.75, 3.05) is 13.7 Å². The lowest BCUT2D eigenvalue weighted by molar-refractivity contribution is 0.321. The molecule has 0 aliphatic carbocycles. The first kappa shape index (κ1) is 15.6. The molecule has 0 bridgehead atoms. The quantitative estimate of drug-likeness (QED) is 0.767. The summed E-state index contributed by atoms with van der Waals surface area (Å²) in [5, 5.41) is 0. The molecule has 0 saturated heterocycles. The Morgan fingerprint density at radius 3 is 2.68 bits per heavy atom. The highest BCUT2D eigenvalue weighted by Crippen LogP contribution is 2.32. The van der Waals surface area contributed by atoms with Crippen LogP contribution in [-0.2, 0) is 6.42 Å². The van der Waals surface area contributed by atoms with E-state index in [1.165, 1.54) is 5.57 Å². The number of allylic oxidation sites excluding steroid dienone is 1. The monoisotopic (exact) mass is 263 g/mol. The Morgan fingerprint density at radius 2 is 2.11 bits per heavy atom. The van der Waals surface area contributed by atoms with E-state index in [4.69, 9.17) is 15.2 Å². The molecule has 1 atom stereocenters. The van der Waals surface area contributed by atoms with Crippen molar-refractivity contribution in [1.82, 2.24) is 0 Å². The van der Waals surface area contributed by atoms with Crippen LogP contribution in [0, 0.1) is 0 Å². The van der Waals surface area contributed by atoms with Gasteiger partial charge in [-0.1, -0.05) is 24.6 Å². The van der Waals surface area contributed by atoms with E-state index in [1.54, 1.807) is 7.11 Å². The summed E-state index contributed by atoms with van der Waals surface area (Å²) in [6.07, 6.45) is 3.80. The van der Waals surface area contributed by atoms with Crippen LogP contribution < -0.4 is 15.2 Å². The molecule has 0 aliphatic heterocycles. The Morgan fingerprint density at radius 1 is 1.37 bits per heavy atom. The summed E-state index contributed by atoms with van der Waals surface area (Å²) in [6, 6.07) is 6.09. The summed E-state index contributed by atoms with van der Waals surface area (Å²) in [6.45, 7) is 6.75. The first-order valence-electron chi connectivity index (χ1n) is 6.76. The molecular formula is C16H25NO2. The molecule has 0 radical (unpaired) electrons. The van der Waals surface area contributed by atoms with E-state index in [-0.39, 0.29) is 6.04 Å². The zero-order valence-corrected chi connectivity index (χ0v) is 12.4. The van der Waals surface area contributed by atoms with E-state index in [0.29, 0.717) is 6.61 Å². The zero-order chi connectivity index (χ0) is 14.3. The van der Waals surface area contributed by atoms with Crippen molar-refractivity contribution in [3.63, 3.8) is 0 Å². The summed E-state index contributed by atoms with van der Waals surface area (Å²) in [5.74, 6) is 1.58. The van der Waals surface area contributed by atoms with Crippen LogP contribution in [0.1, 0.15) is 32.8 Å². The Bertz CT molecular complexity index is 423. The molecule has 0 heterocycles. The lowest BCUT2D eigenvalue weighted by Crippen LogP contribution is -2.21. The fraction of sp³-hybridized carbons (Fsp3) is 0.500. The molecule has 0 saturated carbocycles. The molecule has 0 fully saturated rings. The number of benzene rings is 1. The van der Waals surface area contributed by atoms with Crippen molar-refractivity contribution in [3.8, 4) is 11.5 Å². The van der Waals surface area contributed by atoms with Gasteiger partial charge in [-0.05, 0) is 44.4 Å². The standard InChI is InChI=1S/C16H25NO2/c1-5-14(17)11-13-7-6-8-15(18-4)16(13)19-10-9-12(2)3/h6-9,14H,5,10-11,17H2,1-4H3. The molecule has 19 heavy (non-hydrogen) atoms. The second-order valence-corrected chi connectivity index (χ2v) is 4.91. The van der Waals surface area contributed by atoms with E-state index in [1.807, 2.05) is 12.1 Å². The van der Waals surface area contributed by atoms with E-state index in [2.05, 4.69) is 32.9 Å². The first-order chi connectivity index (χ1) is 9.08. The smallest absolute Gasteiger partial charge is 0.164 e. The van der Waals surface area contributed by atoms with E-state index in [0.717, 1.165) is 29.9 Å². The molecule has 0 aromatic heterocycles. The number of rotatable bonds is 7. The lowest BCUT2D eigenvalue weighted by atomic mass is 10.0. The van der Waals surface area contributed by atoms with Crippen LogP contribution in [0.25, 0.3) is 0 Å². The van der Waals surface area contributed by atoms with Crippen molar-refractivity contribution >= 4 is 0 Å². The summed E-state index contributed by atoms with van der Waals surface area (Å²) >= 11 is 0. The Balaban J connectivity index is 2.92. The minimum absolute atomic E-state index is 0.151. The van der Waals surface area contributed by atoms with Gasteiger partial charge in [0.2, 0.25) is 0 Å². The van der Waals surface area contributed by atoms with Gasteiger partial charge < -0.3 is 15.2 Å². The van der Waals surface area contributed by atoms with Gasteiger partial charge in [0.1, 0.15) is 6.61 Å². The molecule has 0 spiro atoms. The van der Waals surface area contributed by atoms with Crippen LogP contribution in [0.3, 0.4) is 0 Å². The summed E-state index contributed by atoms with van der Waals surface area (Å²) in [5.41, 5.74) is 8.38. The maximum Gasteiger partial charge on any atom is 0.164 e. The molecular weight excluding hydrogens is 238 g/mol. The predicted octanol–water partition coefficient (Wildman–Crippen LogP) is 3.32. The fourth-order valence-corrected chi connectivity index (χ4v) is 1.77. The van der Waals surface area contributed by atoms with Gasteiger partial charge in [-0.25, -0.2) is 0 Å². The minimum Gasteiger partial charge on any atom is -0.493 e. The van der Waals surface area contributed by atoms with Gasteiger partial charge in [0, 0.05) is 6.04 Å². The van der Waals surface area contributed by atoms with Crippen LogP contribution in [0.15, 0.2) is 29.8 Å². The van der Waals surface area contributed by atoms with Gasteiger partial charge in [-0.2, -0.15) is 0 Å². The molecule has 0 amide bonds. The van der Waals surface area contributed by atoms with E-state index in [9.17, 15) is 0 Å². The summed E-state index contributed by atoms with van der Waals surface area (Å²) in [7, 11) is 1.66. The number of methoxy groups -OCH3 is 1. The number of para-hydroxylation sites is 1. The number of nitrogens with two attached hydrogens (primary N) is 1. The van der Waals surface area contributed by atoms with Gasteiger partial charge in [0.05, 0.1) is 7.11 Å². The van der Waals surface area contributed by atoms with Crippen LogP contribution in [-0.4, -0.2) is 19.8 Å². The molecule has 1 rings (SSSR count). The van der Waals surface area contributed by atoms with Crippen LogP contribution in [0.4, 0.5) is 0 Å². The largest absolute Gasteiger partial charge is 0.493 e. The lowest BCUT2D eigenvalue weighted by Gasteiger charge is -2.16. The Labute approximate surface area is 116 Å². The molecule has 106 valence electrons. The van der Waals surface area contributed by atoms with Gasteiger partial charge >= 0.3 is 0 Å². The molecule has 3 nitrogen and oxygen atoms in total. The normalized spacial score (nSPS) is 11.8. The van der Waals surface area contributed by atoms with Gasteiger partial charge in [0.15, 0.2) is 11.5 Å². The zero-order valence-electron chi connectivity index (χ0n) is 12.4. The first-order valence-corrected chi connectivity index (χ1v) is 6.76. The minimum atomic E-state index is 0.151. The van der Waals surface area contributed by atoms with E-state index >= 15 is 0 Å². The van der Waals surface area contributed by atoms with Crippen molar-refractivity contribution in [3.05, 3.63) is 35.4 Å². The maximum atomic E-state index is 6.03. The highest BCUT2D eigenvalue weighted by Gasteiger charge is 2.12. The van der Waals surface area contributed by atoms with Crippen LogP contribution in [0.5, 0.6) is 11.5 Å². The third-order valence-corrected chi connectivity index (χ3v) is 3.01. The van der Waals surface area contributed by atoms with E-state index < -0.39 is 0 Å². The molecule has 1 aromatic rings. The Kier molecular flexibility index (Phi) is 6.43. The molecule has 1 aromatic carbocycles.